The van der Waals surface area contributed by atoms with Crippen molar-refractivity contribution in [2.75, 3.05) is 0 Å². The van der Waals surface area contributed by atoms with Crippen LogP contribution in [0.1, 0.15) is 27.8 Å². The van der Waals surface area contributed by atoms with Gasteiger partial charge >= 0.3 is 0 Å². The third-order valence-electron chi connectivity index (χ3n) is 20.4. The number of fused-ring (bicyclic) bond motifs is 1. The van der Waals surface area contributed by atoms with Crippen LogP contribution in [0.4, 0.5) is 0 Å². The van der Waals surface area contributed by atoms with Crippen molar-refractivity contribution in [3.63, 3.8) is 0 Å². The van der Waals surface area contributed by atoms with E-state index in [1.54, 1.807) is 0 Å². The summed E-state index contributed by atoms with van der Waals surface area (Å²) in [5.74, 6) is 0. The summed E-state index contributed by atoms with van der Waals surface area (Å²) in [6.45, 7) is 10.7. The van der Waals surface area contributed by atoms with Gasteiger partial charge in [-0.05, 0) is 226 Å². The highest BCUT2D eigenvalue weighted by molar-refractivity contribution is 5.90. The van der Waals surface area contributed by atoms with Gasteiger partial charge in [-0.3, -0.25) is 0 Å². The smallest absolute Gasteiger partial charge is 0.0103 e. The molecule has 0 atom stereocenters. The standard InChI is InChI=1S/4C25H20.C11H10/c1-19-9-7-13-22(17-19)24-15-5-6-16-25(24)23-14-8-12-21(18-23)20-10-3-2-4-11-20;1-19-9-5-6-16-25(19)24-15-8-14-23(18-24)22-13-7-12-21(17-22)20-10-3-2-4-11-20;1-19-10-5-6-15-23(19)25-17-8-7-16-24(25)22-14-9-13-21(18-22)20-11-3-2-4-12-20;1-19-14-16-21(17-15-19)24-12-5-6-13-25(24)23-11-7-10-22(18-23)20-8-3-2-4-9-20;1-9-5-4-7-10-6-2-3-8-11(9)10/h4*2-18H,1H3;2-8H,1H3. The highest BCUT2D eigenvalue weighted by Gasteiger charge is 2.14. The molecule has 534 valence electrons. The quantitative estimate of drug-likeness (QED) is 0.114. The average Bonchev–Trinajstić information content (AvgIpc) is 0.802. The molecule has 0 bridgehead atoms. The minimum atomic E-state index is 1.25. The molecule has 0 saturated heterocycles. The average molecular weight is 1420 g/mol. The van der Waals surface area contributed by atoms with E-state index in [1.165, 1.54) is 172 Å². The molecule has 0 aliphatic rings. The Balaban J connectivity index is 0.000000118. The summed E-state index contributed by atoms with van der Waals surface area (Å²) in [4.78, 5) is 0. The Kier molecular flexibility index (Phi) is 24.5. The van der Waals surface area contributed by atoms with Crippen molar-refractivity contribution in [2.45, 2.75) is 34.6 Å². The van der Waals surface area contributed by atoms with Gasteiger partial charge in [-0.25, -0.2) is 0 Å². The van der Waals surface area contributed by atoms with Gasteiger partial charge in [-0.15, -0.1) is 0 Å². The molecule has 0 saturated carbocycles. The van der Waals surface area contributed by atoms with Crippen LogP contribution in [0.2, 0.25) is 0 Å². The zero-order chi connectivity index (χ0) is 75.9. The van der Waals surface area contributed by atoms with Crippen LogP contribution < -0.4 is 0 Å². The van der Waals surface area contributed by atoms with Crippen molar-refractivity contribution in [3.05, 3.63) is 483 Å². The topological polar surface area (TPSA) is 0 Å². The lowest BCUT2D eigenvalue weighted by Crippen LogP contribution is -1.88. The third-order valence-corrected chi connectivity index (χ3v) is 20.4. The molecule has 0 N–H and O–H groups in total. The Morgan fingerprint density at radius 2 is 0.360 bits per heavy atom. The van der Waals surface area contributed by atoms with Gasteiger partial charge in [0.2, 0.25) is 0 Å². The fourth-order valence-electron chi connectivity index (χ4n) is 14.5. The third kappa shape index (κ3) is 19.0. The van der Waals surface area contributed by atoms with Crippen molar-refractivity contribution in [1.29, 1.82) is 0 Å². The monoisotopic (exact) mass is 1420 g/mol. The number of hydrogen-bond donors (Lipinski definition) is 0. The maximum atomic E-state index is 2.28. The van der Waals surface area contributed by atoms with Crippen molar-refractivity contribution >= 4 is 10.8 Å². The zero-order valence-corrected chi connectivity index (χ0v) is 63.8. The van der Waals surface area contributed by atoms with Gasteiger partial charge in [0.25, 0.3) is 0 Å². The maximum Gasteiger partial charge on any atom is -0.0103 e. The molecule has 18 aromatic rings. The fraction of sp³-hybridized carbons (Fsp3) is 0.0450. The van der Waals surface area contributed by atoms with Crippen molar-refractivity contribution < 1.29 is 0 Å². The van der Waals surface area contributed by atoms with E-state index in [4.69, 9.17) is 0 Å². The van der Waals surface area contributed by atoms with Crippen molar-refractivity contribution in [2.24, 2.45) is 0 Å². The molecule has 0 spiro atoms. The number of aryl methyl sites for hydroxylation is 5. The van der Waals surface area contributed by atoms with Crippen LogP contribution in [0.5, 0.6) is 0 Å². The summed E-state index contributed by atoms with van der Waals surface area (Å²) < 4.78 is 0. The summed E-state index contributed by atoms with van der Waals surface area (Å²) in [7, 11) is 0. The molecule has 18 aromatic carbocycles. The van der Waals surface area contributed by atoms with E-state index in [0.717, 1.165) is 0 Å². The molecule has 0 unspecified atom stereocenters. The molecular formula is C111H90. The molecular weight excluding hydrogens is 1330 g/mol. The molecule has 0 heterocycles. The molecule has 0 nitrogen and oxygen atoms in total. The Morgan fingerprint density at radius 1 is 0.117 bits per heavy atom. The van der Waals surface area contributed by atoms with E-state index in [-0.39, 0.29) is 0 Å². The van der Waals surface area contributed by atoms with E-state index in [0.29, 0.717) is 0 Å². The SMILES string of the molecule is Cc1ccc(-c2ccccc2-c2cccc(-c3ccccc3)c2)cc1.Cc1cccc(-c2ccccc2-c2cccc(-c3ccccc3)c2)c1.Cc1cccc2ccccc12.Cc1ccccc1-c1cccc(-c2cccc(-c3ccccc3)c2)c1.Cc1ccccc1-c1ccccc1-c1cccc(-c2ccccc2)c1. The molecule has 0 aliphatic heterocycles. The second kappa shape index (κ2) is 36.7. The predicted molar refractivity (Wildman–Crippen MR) is 479 cm³/mol. The largest absolute Gasteiger partial charge is 0.0622 e. The minimum Gasteiger partial charge on any atom is -0.0622 e. The molecule has 111 heavy (non-hydrogen) atoms. The number of hydrogen-bond acceptors (Lipinski definition) is 0. The highest BCUT2D eigenvalue weighted by atomic mass is 14.2. The van der Waals surface area contributed by atoms with Gasteiger partial charge in [0.15, 0.2) is 0 Å². The Hall–Kier alpha value is -13.8. The molecule has 0 radical (unpaired) electrons. The molecule has 0 aliphatic carbocycles. The van der Waals surface area contributed by atoms with Crippen LogP contribution >= 0.6 is 0 Å². The van der Waals surface area contributed by atoms with Crippen LogP contribution in [-0.4, -0.2) is 0 Å². The first-order valence-corrected chi connectivity index (χ1v) is 38.4. The highest BCUT2D eigenvalue weighted by Crippen LogP contribution is 2.39. The van der Waals surface area contributed by atoms with Crippen molar-refractivity contribution in [1.82, 2.24) is 0 Å². The second-order valence-electron chi connectivity index (χ2n) is 28.2. The fourth-order valence-corrected chi connectivity index (χ4v) is 14.5. The van der Waals surface area contributed by atoms with E-state index in [1.807, 2.05) is 0 Å². The van der Waals surface area contributed by atoms with Crippen LogP contribution in [0.25, 0.3) is 144 Å². The van der Waals surface area contributed by atoms with Crippen LogP contribution in [-0.2, 0) is 0 Å². The Morgan fingerprint density at radius 3 is 0.748 bits per heavy atom. The first kappa shape index (κ1) is 74.1. The normalized spacial score (nSPS) is 10.6. The minimum absolute atomic E-state index is 1.25. The summed E-state index contributed by atoms with van der Waals surface area (Å²) in [6, 6.07) is 161. The van der Waals surface area contributed by atoms with Crippen LogP contribution in [0, 0.1) is 34.6 Å². The summed E-state index contributed by atoms with van der Waals surface area (Å²) >= 11 is 0. The first-order valence-electron chi connectivity index (χ1n) is 38.4. The lowest BCUT2D eigenvalue weighted by atomic mass is 9.91. The van der Waals surface area contributed by atoms with Crippen LogP contribution in [0.15, 0.2) is 455 Å². The summed E-state index contributed by atoms with van der Waals surface area (Å²) in [5.41, 5.74) is 36.8. The lowest BCUT2D eigenvalue weighted by molar-refractivity contribution is 1.45. The summed E-state index contributed by atoms with van der Waals surface area (Å²) in [6.07, 6.45) is 0. The molecule has 0 aromatic heterocycles. The predicted octanol–water partition coefficient (Wildman–Crippen LogP) is 31.1. The van der Waals surface area contributed by atoms with Crippen LogP contribution in [0.3, 0.4) is 0 Å². The van der Waals surface area contributed by atoms with Gasteiger partial charge in [0.05, 0.1) is 0 Å². The summed E-state index contributed by atoms with van der Waals surface area (Å²) in [5, 5.41) is 2.68. The molecule has 0 amide bonds. The van der Waals surface area contributed by atoms with Gasteiger partial charge < -0.3 is 0 Å². The maximum absolute atomic E-state index is 2.28. The molecule has 0 heteroatoms. The van der Waals surface area contributed by atoms with Crippen molar-refractivity contribution in [3.8, 4) is 134 Å². The van der Waals surface area contributed by atoms with E-state index in [9.17, 15) is 0 Å². The van der Waals surface area contributed by atoms with E-state index >= 15 is 0 Å². The first-order chi connectivity index (χ1) is 54.6. The number of benzene rings is 18. The second-order valence-corrected chi connectivity index (χ2v) is 28.2. The molecule has 0 fully saturated rings. The lowest BCUT2D eigenvalue weighted by Gasteiger charge is -2.13. The van der Waals surface area contributed by atoms with Gasteiger partial charge in [-0.2, -0.15) is 0 Å². The Bertz CT molecular complexity index is 6040. The van der Waals surface area contributed by atoms with Gasteiger partial charge in [0.1, 0.15) is 0 Å². The zero-order valence-electron chi connectivity index (χ0n) is 63.8. The van der Waals surface area contributed by atoms with Gasteiger partial charge in [-0.1, -0.05) is 436 Å². The van der Waals surface area contributed by atoms with E-state index < -0.39 is 0 Å². The Labute approximate surface area is 657 Å². The van der Waals surface area contributed by atoms with E-state index in [2.05, 4.69) is 490 Å². The van der Waals surface area contributed by atoms with Gasteiger partial charge in [0, 0.05) is 0 Å². The number of rotatable bonds is 12. The molecule has 18 rings (SSSR count).